The molecule has 4 aromatic rings. The average molecular weight is 501 g/mol. The van der Waals surface area contributed by atoms with E-state index in [9.17, 15) is 14.7 Å². The van der Waals surface area contributed by atoms with Crippen LogP contribution in [0.5, 0.6) is 0 Å². The zero-order valence-electron chi connectivity index (χ0n) is 21.4. The van der Waals surface area contributed by atoms with E-state index in [-0.39, 0.29) is 18.4 Å². The molecule has 1 atom stereocenters. The standard InChI is InChI=1S/C28H32N6O3/c1-4-5-6-7-25(35)34(26(18(2)3)28(36)37)17-19-8-14-24-22(16-19)13-15-23(29-24)20-9-11-21(12-10-20)27-30-32-33-31-27/h8-16,18,26H,4-7,17H2,1-3H3,(H,36,37)(H,30,31,32,33). The maximum Gasteiger partial charge on any atom is 0.326 e. The molecule has 2 aromatic heterocycles. The first-order valence-corrected chi connectivity index (χ1v) is 12.6. The number of aromatic nitrogens is 5. The number of aromatic amines is 1. The molecule has 0 bridgehead atoms. The number of nitrogens with one attached hydrogen (secondary N) is 1. The molecule has 0 fully saturated rings. The molecule has 0 saturated heterocycles. The van der Waals surface area contributed by atoms with Crippen molar-refractivity contribution in [2.24, 2.45) is 5.92 Å². The third-order valence-electron chi connectivity index (χ3n) is 6.43. The Kier molecular flexibility index (Phi) is 8.22. The number of fused-ring (bicyclic) bond motifs is 1. The van der Waals surface area contributed by atoms with E-state index in [1.807, 2.05) is 68.4 Å². The number of carboxylic acids is 1. The Balaban J connectivity index is 1.56. The summed E-state index contributed by atoms with van der Waals surface area (Å²) in [6.45, 7) is 6.00. The highest BCUT2D eigenvalue weighted by atomic mass is 16.4. The van der Waals surface area contributed by atoms with E-state index in [0.29, 0.717) is 12.2 Å². The van der Waals surface area contributed by atoms with Gasteiger partial charge in [0.15, 0.2) is 0 Å². The average Bonchev–Trinajstić information content (AvgIpc) is 3.43. The molecule has 2 aromatic carbocycles. The second kappa shape index (κ2) is 11.7. The summed E-state index contributed by atoms with van der Waals surface area (Å²) in [4.78, 5) is 31.5. The number of tetrazole rings is 1. The quantitative estimate of drug-likeness (QED) is 0.274. The normalized spacial score (nSPS) is 12.1. The Morgan fingerprint density at radius 1 is 1.00 bits per heavy atom. The summed E-state index contributed by atoms with van der Waals surface area (Å²) in [7, 11) is 0. The van der Waals surface area contributed by atoms with E-state index >= 15 is 0 Å². The van der Waals surface area contributed by atoms with Crippen molar-refractivity contribution >= 4 is 22.8 Å². The largest absolute Gasteiger partial charge is 0.480 e. The predicted octanol–water partition coefficient (Wildman–Crippen LogP) is 5.10. The van der Waals surface area contributed by atoms with Gasteiger partial charge in [-0.05, 0) is 41.3 Å². The zero-order chi connectivity index (χ0) is 26.4. The molecule has 1 amide bonds. The van der Waals surface area contributed by atoms with Crippen molar-refractivity contribution in [3.8, 4) is 22.6 Å². The van der Waals surface area contributed by atoms with Gasteiger partial charge in [-0.2, -0.15) is 5.21 Å². The number of hydrogen-bond donors (Lipinski definition) is 2. The highest BCUT2D eigenvalue weighted by Gasteiger charge is 2.32. The third-order valence-corrected chi connectivity index (χ3v) is 6.43. The number of H-pyrrole nitrogens is 1. The monoisotopic (exact) mass is 500 g/mol. The Hall–Kier alpha value is -4.14. The van der Waals surface area contributed by atoms with Crippen LogP contribution in [0.1, 0.15) is 52.0 Å². The maximum atomic E-state index is 13.1. The highest BCUT2D eigenvalue weighted by Crippen LogP contribution is 2.25. The fourth-order valence-corrected chi connectivity index (χ4v) is 4.49. The molecule has 0 aliphatic rings. The van der Waals surface area contributed by atoms with Crippen LogP contribution in [0, 0.1) is 5.92 Å². The van der Waals surface area contributed by atoms with Crippen molar-refractivity contribution < 1.29 is 14.7 Å². The number of unbranched alkanes of at least 4 members (excludes halogenated alkanes) is 2. The predicted molar refractivity (Wildman–Crippen MR) is 141 cm³/mol. The van der Waals surface area contributed by atoms with Crippen LogP contribution in [0.2, 0.25) is 0 Å². The van der Waals surface area contributed by atoms with Crippen LogP contribution in [0.4, 0.5) is 0 Å². The smallest absolute Gasteiger partial charge is 0.326 e. The lowest BCUT2D eigenvalue weighted by molar-refractivity contribution is -0.153. The maximum absolute atomic E-state index is 13.1. The number of pyridine rings is 1. The number of benzene rings is 2. The van der Waals surface area contributed by atoms with E-state index in [2.05, 4.69) is 27.5 Å². The van der Waals surface area contributed by atoms with Crippen molar-refractivity contribution in [2.45, 2.75) is 59.0 Å². The summed E-state index contributed by atoms with van der Waals surface area (Å²) >= 11 is 0. The van der Waals surface area contributed by atoms with Crippen LogP contribution in [0.25, 0.3) is 33.5 Å². The number of hydrogen-bond acceptors (Lipinski definition) is 6. The Morgan fingerprint density at radius 2 is 1.76 bits per heavy atom. The molecule has 0 aliphatic heterocycles. The van der Waals surface area contributed by atoms with Gasteiger partial charge >= 0.3 is 5.97 Å². The van der Waals surface area contributed by atoms with E-state index in [4.69, 9.17) is 4.98 Å². The molecule has 37 heavy (non-hydrogen) atoms. The Labute approximate surface area is 215 Å². The van der Waals surface area contributed by atoms with Gasteiger partial charge in [0.1, 0.15) is 6.04 Å². The number of carbonyl (C=O) groups is 2. The van der Waals surface area contributed by atoms with Crippen molar-refractivity contribution in [3.05, 3.63) is 60.2 Å². The van der Waals surface area contributed by atoms with Gasteiger partial charge in [-0.25, -0.2) is 9.78 Å². The summed E-state index contributed by atoms with van der Waals surface area (Å²) in [6, 6.07) is 16.7. The number of carboxylic acid groups (broad SMARTS) is 1. The van der Waals surface area contributed by atoms with Gasteiger partial charge in [-0.15, -0.1) is 10.2 Å². The lowest BCUT2D eigenvalue weighted by Gasteiger charge is -2.32. The van der Waals surface area contributed by atoms with Gasteiger partial charge in [0.2, 0.25) is 11.7 Å². The van der Waals surface area contributed by atoms with Crippen LogP contribution in [0.15, 0.2) is 54.6 Å². The Morgan fingerprint density at radius 3 is 2.41 bits per heavy atom. The highest BCUT2D eigenvalue weighted by molar-refractivity contribution is 5.85. The van der Waals surface area contributed by atoms with E-state index in [0.717, 1.165) is 52.5 Å². The van der Waals surface area contributed by atoms with Gasteiger partial charge in [-0.1, -0.05) is 70.0 Å². The summed E-state index contributed by atoms with van der Waals surface area (Å²) in [5, 5.41) is 24.8. The van der Waals surface area contributed by atoms with Crippen molar-refractivity contribution in [2.75, 3.05) is 0 Å². The molecule has 0 saturated carbocycles. The van der Waals surface area contributed by atoms with Gasteiger partial charge in [-0.3, -0.25) is 4.79 Å². The molecule has 0 aliphatic carbocycles. The Bertz CT molecular complexity index is 1350. The molecule has 9 nitrogen and oxygen atoms in total. The zero-order valence-corrected chi connectivity index (χ0v) is 21.4. The molecule has 2 N–H and O–H groups in total. The molecule has 9 heteroatoms. The van der Waals surface area contributed by atoms with Gasteiger partial charge in [0.05, 0.1) is 11.2 Å². The number of rotatable bonds is 11. The first-order chi connectivity index (χ1) is 17.9. The molecule has 1 unspecified atom stereocenters. The van der Waals surface area contributed by atoms with Crippen LogP contribution in [-0.2, 0) is 16.1 Å². The molecule has 0 radical (unpaired) electrons. The van der Waals surface area contributed by atoms with Crippen molar-refractivity contribution in [1.82, 2.24) is 30.5 Å². The number of amides is 1. The van der Waals surface area contributed by atoms with Crippen LogP contribution in [-0.4, -0.2) is 53.5 Å². The number of aliphatic carboxylic acids is 1. The van der Waals surface area contributed by atoms with Crippen LogP contribution >= 0.6 is 0 Å². The van der Waals surface area contributed by atoms with Gasteiger partial charge in [0, 0.05) is 29.5 Å². The minimum absolute atomic E-state index is 0.118. The summed E-state index contributed by atoms with van der Waals surface area (Å²) in [6.07, 6.45) is 3.07. The summed E-state index contributed by atoms with van der Waals surface area (Å²) in [5.41, 5.74) is 4.35. The fourth-order valence-electron chi connectivity index (χ4n) is 4.49. The van der Waals surface area contributed by atoms with Gasteiger partial charge < -0.3 is 10.0 Å². The van der Waals surface area contributed by atoms with Crippen LogP contribution in [0.3, 0.4) is 0 Å². The lowest BCUT2D eigenvalue weighted by Crippen LogP contribution is -2.47. The molecule has 192 valence electrons. The van der Waals surface area contributed by atoms with E-state index in [1.165, 1.54) is 4.90 Å². The molecule has 2 heterocycles. The summed E-state index contributed by atoms with van der Waals surface area (Å²) in [5.74, 6) is -0.765. The SMILES string of the molecule is CCCCCC(=O)N(Cc1ccc2nc(-c3ccc(-c4nn[nH]n4)cc3)ccc2c1)C(C(=O)O)C(C)C. The fraction of sp³-hybridized carbons (Fsp3) is 0.357. The number of nitrogens with zero attached hydrogens (tertiary/aromatic N) is 5. The molecule has 4 rings (SSSR count). The second-order valence-electron chi connectivity index (χ2n) is 9.54. The van der Waals surface area contributed by atoms with Gasteiger partial charge in [0.25, 0.3) is 0 Å². The minimum atomic E-state index is -0.976. The molecule has 0 spiro atoms. The molecular weight excluding hydrogens is 468 g/mol. The van der Waals surface area contributed by atoms with Crippen molar-refractivity contribution in [3.63, 3.8) is 0 Å². The second-order valence-corrected chi connectivity index (χ2v) is 9.54. The van der Waals surface area contributed by atoms with E-state index < -0.39 is 12.0 Å². The first-order valence-electron chi connectivity index (χ1n) is 12.6. The van der Waals surface area contributed by atoms with E-state index in [1.54, 1.807) is 0 Å². The number of carbonyl (C=O) groups excluding carboxylic acids is 1. The molecular formula is C28H32N6O3. The van der Waals surface area contributed by atoms with Crippen molar-refractivity contribution in [1.29, 1.82) is 0 Å². The van der Waals surface area contributed by atoms with Crippen LogP contribution < -0.4 is 0 Å². The summed E-state index contributed by atoms with van der Waals surface area (Å²) < 4.78 is 0. The topological polar surface area (TPSA) is 125 Å². The minimum Gasteiger partial charge on any atom is -0.480 e. The third kappa shape index (κ3) is 6.17. The lowest BCUT2D eigenvalue weighted by atomic mass is 10.00. The first kappa shape index (κ1) is 25.9.